The lowest BCUT2D eigenvalue weighted by Crippen LogP contribution is -2.37. The molecule has 2 atom stereocenters. The number of likely N-dealkylation sites (tertiary alicyclic amines) is 1. The van der Waals surface area contributed by atoms with Crippen molar-refractivity contribution >= 4 is 0 Å². The van der Waals surface area contributed by atoms with Crippen molar-refractivity contribution in [3.8, 4) is 5.75 Å². The van der Waals surface area contributed by atoms with E-state index in [0.717, 1.165) is 24.9 Å². The second-order valence-electron chi connectivity index (χ2n) is 6.41. The second kappa shape index (κ2) is 6.80. The van der Waals surface area contributed by atoms with Gasteiger partial charge in [-0.3, -0.25) is 4.90 Å². The minimum Gasteiger partial charge on any atom is -0.494 e. The van der Waals surface area contributed by atoms with Gasteiger partial charge in [-0.2, -0.15) is 0 Å². The number of benzene rings is 1. The maximum absolute atomic E-state index is 6.12. The molecule has 3 heteroatoms. The highest BCUT2D eigenvalue weighted by atomic mass is 16.5. The Morgan fingerprint density at radius 3 is 2.81 bits per heavy atom. The first-order chi connectivity index (χ1) is 10.3. The SMILES string of the molecule is CCOc1cccc(C2C(CN)CCCCN2C2CC2)c1. The highest BCUT2D eigenvalue weighted by molar-refractivity contribution is 5.31. The van der Waals surface area contributed by atoms with Crippen LogP contribution in [0.3, 0.4) is 0 Å². The molecule has 1 aromatic rings. The van der Waals surface area contributed by atoms with Gasteiger partial charge >= 0.3 is 0 Å². The molecule has 0 aromatic heterocycles. The zero-order valence-electron chi connectivity index (χ0n) is 13.1. The molecule has 0 spiro atoms. The Kier molecular flexibility index (Phi) is 4.81. The number of rotatable bonds is 5. The summed E-state index contributed by atoms with van der Waals surface area (Å²) < 4.78 is 5.70. The lowest BCUT2D eigenvalue weighted by atomic mass is 9.89. The van der Waals surface area contributed by atoms with E-state index in [0.29, 0.717) is 12.0 Å². The number of hydrogen-bond acceptors (Lipinski definition) is 3. The van der Waals surface area contributed by atoms with Crippen molar-refractivity contribution in [2.24, 2.45) is 11.7 Å². The van der Waals surface area contributed by atoms with Crippen LogP contribution in [0.5, 0.6) is 5.75 Å². The molecule has 3 rings (SSSR count). The molecular weight excluding hydrogens is 260 g/mol. The predicted octanol–water partition coefficient (Wildman–Crippen LogP) is 3.35. The lowest BCUT2D eigenvalue weighted by molar-refractivity contribution is 0.149. The Labute approximate surface area is 128 Å². The zero-order chi connectivity index (χ0) is 14.7. The molecule has 1 aromatic carbocycles. The fourth-order valence-electron chi connectivity index (χ4n) is 3.75. The average Bonchev–Trinajstić information content (AvgIpc) is 3.33. The quantitative estimate of drug-likeness (QED) is 0.903. The van der Waals surface area contributed by atoms with Crippen molar-refractivity contribution in [2.45, 2.75) is 51.1 Å². The van der Waals surface area contributed by atoms with Gasteiger partial charge in [0.1, 0.15) is 5.75 Å². The van der Waals surface area contributed by atoms with Crippen molar-refractivity contribution in [3.05, 3.63) is 29.8 Å². The van der Waals surface area contributed by atoms with Crippen LogP contribution in [0.4, 0.5) is 0 Å². The summed E-state index contributed by atoms with van der Waals surface area (Å²) in [6.07, 6.45) is 6.60. The molecule has 0 radical (unpaired) electrons. The van der Waals surface area contributed by atoms with Gasteiger partial charge in [0.05, 0.1) is 6.61 Å². The normalized spacial score (nSPS) is 27.3. The van der Waals surface area contributed by atoms with Gasteiger partial charge in [-0.1, -0.05) is 18.6 Å². The monoisotopic (exact) mass is 288 g/mol. The van der Waals surface area contributed by atoms with E-state index in [-0.39, 0.29) is 0 Å². The van der Waals surface area contributed by atoms with Gasteiger partial charge in [0.2, 0.25) is 0 Å². The molecule has 1 aliphatic heterocycles. The second-order valence-corrected chi connectivity index (χ2v) is 6.41. The fraction of sp³-hybridized carbons (Fsp3) is 0.667. The minimum atomic E-state index is 0.477. The Hall–Kier alpha value is -1.06. The molecule has 1 saturated heterocycles. The largest absolute Gasteiger partial charge is 0.494 e. The first-order valence-electron chi connectivity index (χ1n) is 8.52. The Morgan fingerprint density at radius 2 is 2.10 bits per heavy atom. The van der Waals surface area contributed by atoms with Gasteiger partial charge < -0.3 is 10.5 Å². The van der Waals surface area contributed by atoms with Crippen molar-refractivity contribution in [2.75, 3.05) is 19.7 Å². The fourth-order valence-corrected chi connectivity index (χ4v) is 3.75. The smallest absolute Gasteiger partial charge is 0.119 e. The van der Waals surface area contributed by atoms with E-state index in [1.807, 2.05) is 6.92 Å². The van der Waals surface area contributed by atoms with Crippen LogP contribution in [0.15, 0.2) is 24.3 Å². The van der Waals surface area contributed by atoms with Crippen molar-refractivity contribution < 1.29 is 4.74 Å². The van der Waals surface area contributed by atoms with Gasteiger partial charge in [-0.15, -0.1) is 0 Å². The summed E-state index contributed by atoms with van der Waals surface area (Å²) in [5.74, 6) is 1.57. The topological polar surface area (TPSA) is 38.5 Å². The van der Waals surface area contributed by atoms with Crippen LogP contribution in [0.25, 0.3) is 0 Å². The minimum absolute atomic E-state index is 0.477. The molecule has 0 amide bonds. The maximum atomic E-state index is 6.12. The van der Waals surface area contributed by atoms with Crippen molar-refractivity contribution in [1.82, 2.24) is 4.90 Å². The number of hydrogen-bond donors (Lipinski definition) is 1. The van der Waals surface area contributed by atoms with E-state index in [2.05, 4.69) is 29.2 Å². The van der Waals surface area contributed by atoms with Gasteiger partial charge in [-0.05, 0) is 69.3 Å². The average molecular weight is 288 g/mol. The molecular formula is C18H28N2O. The predicted molar refractivity (Wildman–Crippen MR) is 86.5 cm³/mol. The van der Waals surface area contributed by atoms with Crippen LogP contribution in [-0.2, 0) is 0 Å². The Bertz CT molecular complexity index is 458. The van der Waals surface area contributed by atoms with Gasteiger partial charge in [0.25, 0.3) is 0 Å². The standard InChI is InChI=1S/C18H28N2O/c1-2-21-17-8-5-7-14(12-17)18-15(13-19)6-3-4-11-20(18)16-9-10-16/h5,7-8,12,15-16,18H,2-4,6,9-11,13,19H2,1H3. The summed E-state index contributed by atoms with van der Waals surface area (Å²) >= 11 is 0. The first-order valence-corrected chi connectivity index (χ1v) is 8.52. The van der Waals surface area contributed by atoms with Crippen molar-refractivity contribution in [3.63, 3.8) is 0 Å². The molecule has 21 heavy (non-hydrogen) atoms. The molecule has 2 unspecified atom stereocenters. The summed E-state index contributed by atoms with van der Waals surface area (Å²) in [7, 11) is 0. The summed E-state index contributed by atoms with van der Waals surface area (Å²) in [6.45, 7) is 4.77. The van der Waals surface area contributed by atoms with Crippen LogP contribution in [0.1, 0.15) is 50.6 Å². The Morgan fingerprint density at radius 1 is 1.24 bits per heavy atom. The zero-order valence-corrected chi connectivity index (χ0v) is 13.1. The third kappa shape index (κ3) is 3.41. The van der Waals surface area contributed by atoms with Crippen molar-refractivity contribution in [1.29, 1.82) is 0 Å². The van der Waals surface area contributed by atoms with E-state index < -0.39 is 0 Å². The summed E-state index contributed by atoms with van der Waals surface area (Å²) in [6, 6.07) is 9.95. The molecule has 2 fully saturated rings. The number of nitrogens with zero attached hydrogens (tertiary/aromatic N) is 1. The first kappa shape index (κ1) is 14.9. The molecule has 116 valence electrons. The highest BCUT2D eigenvalue weighted by Gasteiger charge is 2.38. The van der Waals surface area contributed by atoms with E-state index in [1.165, 1.54) is 44.2 Å². The molecule has 2 N–H and O–H groups in total. The van der Waals surface area contributed by atoms with Gasteiger partial charge in [-0.25, -0.2) is 0 Å². The highest BCUT2D eigenvalue weighted by Crippen LogP contribution is 2.42. The van der Waals surface area contributed by atoms with E-state index in [4.69, 9.17) is 10.5 Å². The van der Waals surface area contributed by atoms with E-state index >= 15 is 0 Å². The maximum Gasteiger partial charge on any atom is 0.119 e. The molecule has 1 aliphatic carbocycles. The molecule has 1 heterocycles. The third-order valence-corrected chi connectivity index (χ3v) is 4.87. The summed E-state index contributed by atoms with van der Waals surface area (Å²) in [4.78, 5) is 2.73. The summed E-state index contributed by atoms with van der Waals surface area (Å²) in [5.41, 5.74) is 7.52. The number of ether oxygens (including phenoxy) is 1. The third-order valence-electron chi connectivity index (χ3n) is 4.87. The Balaban J connectivity index is 1.90. The molecule has 0 bridgehead atoms. The van der Waals surface area contributed by atoms with Gasteiger partial charge in [0.15, 0.2) is 0 Å². The van der Waals surface area contributed by atoms with E-state index in [9.17, 15) is 0 Å². The molecule has 1 saturated carbocycles. The van der Waals surface area contributed by atoms with Gasteiger partial charge in [0, 0.05) is 12.1 Å². The van der Waals surface area contributed by atoms with Crippen LogP contribution in [0, 0.1) is 5.92 Å². The van der Waals surface area contributed by atoms with E-state index in [1.54, 1.807) is 0 Å². The van der Waals surface area contributed by atoms with Crippen LogP contribution in [0.2, 0.25) is 0 Å². The van der Waals surface area contributed by atoms with Crippen LogP contribution >= 0.6 is 0 Å². The lowest BCUT2D eigenvalue weighted by Gasteiger charge is -2.35. The van der Waals surface area contributed by atoms with Crippen LogP contribution in [-0.4, -0.2) is 30.6 Å². The van der Waals surface area contributed by atoms with Crippen LogP contribution < -0.4 is 10.5 Å². The molecule has 3 nitrogen and oxygen atoms in total. The number of nitrogens with two attached hydrogens (primary N) is 1. The summed E-state index contributed by atoms with van der Waals surface area (Å²) in [5, 5.41) is 0. The molecule has 2 aliphatic rings.